The third kappa shape index (κ3) is 4.16. The molecule has 1 saturated heterocycles. The number of aldehydes is 1. The van der Waals surface area contributed by atoms with Crippen molar-refractivity contribution in [3.8, 4) is 5.82 Å². The van der Waals surface area contributed by atoms with Gasteiger partial charge in [-0.3, -0.25) is 0 Å². The summed E-state index contributed by atoms with van der Waals surface area (Å²) in [6.07, 6.45) is 8.26. The van der Waals surface area contributed by atoms with Gasteiger partial charge in [-0.2, -0.15) is 10.2 Å². The van der Waals surface area contributed by atoms with Crippen LogP contribution in [0.2, 0.25) is 5.02 Å². The number of hydrogen-bond acceptors (Lipinski definition) is 7. The number of carbonyl (C=O) groups is 1. The van der Waals surface area contributed by atoms with Crippen molar-refractivity contribution in [1.82, 2.24) is 29.5 Å². The van der Waals surface area contributed by atoms with Gasteiger partial charge in [-0.25, -0.2) is 14.4 Å². The summed E-state index contributed by atoms with van der Waals surface area (Å²) in [5.74, 6) is 0.695. The summed E-state index contributed by atoms with van der Waals surface area (Å²) in [4.78, 5) is 25.4. The van der Waals surface area contributed by atoms with Gasteiger partial charge in [0.25, 0.3) is 0 Å². The second-order valence-electron chi connectivity index (χ2n) is 9.19. The van der Waals surface area contributed by atoms with Gasteiger partial charge in [0.05, 0.1) is 39.2 Å². The molecule has 5 rings (SSSR count). The van der Waals surface area contributed by atoms with E-state index in [1.807, 2.05) is 10.8 Å². The van der Waals surface area contributed by atoms with Gasteiger partial charge in [0, 0.05) is 30.2 Å². The third-order valence-electron chi connectivity index (χ3n) is 6.80. The van der Waals surface area contributed by atoms with Gasteiger partial charge in [0.15, 0.2) is 5.82 Å². The van der Waals surface area contributed by atoms with Crippen molar-refractivity contribution in [2.45, 2.75) is 50.7 Å². The normalized spacial score (nSPS) is 22.3. The molecule has 9 nitrogen and oxygen atoms in total. The van der Waals surface area contributed by atoms with E-state index in [0.29, 0.717) is 41.7 Å². The fraction of sp³-hybridized carbons (Fsp3) is 0.375. The monoisotopic (exact) mass is 623 g/mol. The topological polar surface area (TPSA) is 102 Å². The van der Waals surface area contributed by atoms with Crippen LogP contribution in [0.15, 0.2) is 36.9 Å². The summed E-state index contributed by atoms with van der Waals surface area (Å²) in [5.41, 5.74) is 0.598. The van der Waals surface area contributed by atoms with Crippen LogP contribution in [0.1, 0.15) is 32.3 Å². The SMILES string of the molecule is C[C@@H]1CC(C=O)(c2cn(CCO)c3nc(-n4nccn4)c(Cl)cc23)C[C@@H](C)N1c1ncc(F)cc1I. The number of aliphatic hydroxyl groups excluding tert-OH is 1. The van der Waals surface area contributed by atoms with Crippen molar-refractivity contribution < 1.29 is 14.3 Å². The van der Waals surface area contributed by atoms with Gasteiger partial charge in [-0.15, -0.1) is 4.80 Å². The molecular formula is C24H24ClFIN7O2. The van der Waals surface area contributed by atoms with E-state index in [9.17, 15) is 14.3 Å². The Balaban J connectivity index is 1.61. The minimum atomic E-state index is -0.809. The Morgan fingerprint density at radius 2 is 1.92 bits per heavy atom. The molecule has 1 aliphatic rings. The molecule has 0 unspecified atom stereocenters. The highest BCUT2D eigenvalue weighted by molar-refractivity contribution is 14.1. The number of nitrogens with zero attached hydrogens (tertiary/aromatic N) is 7. The molecule has 5 heterocycles. The summed E-state index contributed by atoms with van der Waals surface area (Å²) >= 11 is 8.71. The van der Waals surface area contributed by atoms with Crippen LogP contribution in [0.4, 0.5) is 10.2 Å². The lowest BCUT2D eigenvalue weighted by Crippen LogP contribution is -2.54. The van der Waals surface area contributed by atoms with Crippen molar-refractivity contribution in [2.75, 3.05) is 11.5 Å². The molecule has 0 radical (unpaired) electrons. The minimum absolute atomic E-state index is 0.0577. The van der Waals surface area contributed by atoms with E-state index in [-0.39, 0.29) is 24.5 Å². The summed E-state index contributed by atoms with van der Waals surface area (Å²) in [6.45, 7) is 4.32. The zero-order valence-electron chi connectivity index (χ0n) is 19.6. The molecule has 2 atom stereocenters. The quantitative estimate of drug-likeness (QED) is 0.257. The zero-order chi connectivity index (χ0) is 25.6. The Kier molecular flexibility index (Phi) is 6.72. The Morgan fingerprint density at radius 3 is 2.53 bits per heavy atom. The number of hydrogen-bond donors (Lipinski definition) is 1. The van der Waals surface area contributed by atoms with E-state index in [0.717, 1.165) is 20.8 Å². The van der Waals surface area contributed by atoms with E-state index >= 15 is 0 Å². The molecule has 0 aromatic carbocycles. The zero-order valence-corrected chi connectivity index (χ0v) is 22.6. The highest BCUT2D eigenvalue weighted by atomic mass is 127. The van der Waals surface area contributed by atoms with Gasteiger partial charge in [-0.1, -0.05) is 11.6 Å². The molecule has 0 saturated carbocycles. The number of halogens is 3. The number of rotatable bonds is 6. The van der Waals surface area contributed by atoms with Crippen LogP contribution < -0.4 is 4.90 Å². The van der Waals surface area contributed by atoms with E-state index < -0.39 is 5.41 Å². The van der Waals surface area contributed by atoms with Crippen molar-refractivity contribution >= 4 is 57.3 Å². The standard InChI is InChI=1S/C24H24ClFIN7O2/c1-14-9-24(13-36,10-15(2)33(14)23-20(27)7-16(26)11-28-23)18-12-32(5-6-35)21-17(18)8-19(25)22(31-21)34-29-3-4-30-34/h3-4,7-8,11-15,35H,5-6,9-10H2,1-2H3/t14-,15-/m1/s1. The molecule has 0 amide bonds. The maximum absolute atomic E-state index is 13.7. The fourth-order valence-electron chi connectivity index (χ4n) is 5.48. The Hall–Kier alpha value is -2.64. The summed E-state index contributed by atoms with van der Waals surface area (Å²) in [6, 6.07) is 3.14. The van der Waals surface area contributed by atoms with E-state index in [4.69, 9.17) is 16.6 Å². The van der Waals surface area contributed by atoms with Crippen LogP contribution >= 0.6 is 34.2 Å². The number of pyridine rings is 2. The lowest BCUT2D eigenvalue weighted by Gasteiger charge is -2.48. The Bertz CT molecular complexity index is 1420. The molecule has 188 valence electrons. The first-order chi connectivity index (χ1) is 17.3. The highest BCUT2D eigenvalue weighted by Crippen LogP contribution is 2.45. The molecule has 0 bridgehead atoms. The molecule has 1 aliphatic heterocycles. The van der Waals surface area contributed by atoms with Crippen LogP contribution in [-0.4, -0.2) is 59.6 Å². The number of piperidine rings is 1. The van der Waals surface area contributed by atoms with E-state index in [2.05, 4.69) is 56.5 Å². The van der Waals surface area contributed by atoms with Crippen LogP contribution in [0.25, 0.3) is 16.9 Å². The average molecular weight is 624 g/mol. The molecule has 1 N–H and O–H groups in total. The van der Waals surface area contributed by atoms with Crippen molar-refractivity contribution in [1.29, 1.82) is 0 Å². The first-order valence-corrected chi connectivity index (χ1v) is 13.0. The number of anilines is 1. The van der Waals surface area contributed by atoms with Crippen LogP contribution in [0.5, 0.6) is 0 Å². The lowest BCUT2D eigenvalue weighted by molar-refractivity contribution is -0.113. The fourth-order valence-corrected chi connectivity index (χ4v) is 6.42. The van der Waals surface area contributed by atoms with Crippen molar-refractivity contribution in [2.24, 2.45) is 0 Å². The predicted octanol–water partition coefficient (Wildman–Crippen LogP) is 3.92. The maximum atomic E-state index is 13.7. The second kappa shape index (κ2) is 9.67. The Labute approximate surface area is 225 Å². The molecule has 1 fully saturated rings. The van der Waals surface area contributed by atoms with Crippen LogP contribution in [0, 0.1) is 9.39 Å². The average Bonchev–Trinajstić information content (AvgIpc) is 3.48. The number of carbonyl (C=O) groups excluding carboxylic acids is 1. The third-order valence-corrected chi connectivity index (χ3v) is 7.87. The molecule has 36 heavy (non-hydrogen) atoms. The summed E-state index contributed by atoms with van der Waals surface area (Å²) < 4.78 is 16.3. The smallest absolute Gasteiger partial charge is 0.195 e. The molecule has 0 spiro atoms. The van der Waals surface area contributed by atoms with Gasteiger partial charge < -0.3 is 19.4 Å². The second-order valence-corrected chi connectivity index (χ2v) is 10.8. The predicted molar refractivity (Wildman–Crippen MR) is 142 cm³/mol. The first kappa shape index (κ1) is 25.0. The van der Waals surface area contributed by atoms with Crippen LogP contribution in [0.3, 0.4) is 0 Å². The minimum Gasteiger partial charge on any atom is -0.395 e. The maximum Gasteiger partial charge on any atom is 0.195 e. The number of fused-ring (bicyclic) bond motifs is 1. The molecule has 4 aromatic heterocycles. The van der Waals surface area contributed by atoms with Crippen LogP contribution in [-0.2, 0) is 16.8 Å². The first-order valence-electron chi connectivity index (χ1n) is 11.5. The lowest BCUT2D eigenvalue weighted by atomic mass is 9.69. The molecular weight excluding hydrogens is 600 g/mol. The summed E-state index contributed by atoms with van der Waals surface area (Å²) in [7, 11) is 0. The van der Waals surface area contributed by atoms with Gasteiger partial charge in [0.1, 0.15) is 23.6 Å². The molecule has 0 aliphatic carbocycles. The van der Waals surface area contributed by atoms with E-state index in [1.54, 1.807) is 6.07 Å². The van der Waals surface area contributed by atoms with Gasteiger partial charge in [0.2, 0.25) is 0 Å². The van der Waals surface area contributed by atoms with Crippen molar-refractivity contribution in [3.05, 3.63) is 56.9 Å². The van der Waals surface area contributed by atoms with Gasteiger partial charge in [-0.05, 0) is 67.0 Å². The molecule has 4 aromatic rings. The van der Waals surface area contributed by atoms with Crippen molar-refractivity contribution in [3.63, 3.8) is 0 Å². The molecule has 12 heteroatoms. The largest absolute Gasteiger partial charge is 0.395 e. The Morgan fingerprint density at radius 1 is 1.22 bits per heavy atom. The van der Waals surface area contributed by atoms with E-state index in [1.165, 1.54) is 29.5 Å². The summed E-state index contributed by atoms with van der Waals surface area (Å²) in [5, 5.41) is 19.1. The number of aliphatic hydroxyl groups is 1. The number of aromatic nitrogens is 6. The van der Waals surface area contributed by atoms with Gasteiger partial charge >= 0.3 is 0 Å². The highest BCUT2D eigenvalue weighted by Gasteiger charge is 2.45.